The van der Waals surface area contributed by atoms with Crippen LogP contribution in [-0.2, 0) is 6.54 Å². The molecule has 3 heteroatoms. The van der Waals surface area contributed by atoms with Gasteiger partial charge in [-0.1, -0.05) is 12.1 Å². The molecule has 1 N–H and O–H groups in total. The topological polar surface area (TPSA) is 30.5 Å². The van der Waals surface area contributed by atoms with Gasteiger partial charge in [-0.25, -0.2) is 0 Å². The molecule has 0 saturated carbocycles. The second kappa shape index (κ2) is 8.59. The Morgan fingerprint density at radius 2 is 1.95 bits per heavy atom. The maximum atomic E-state index is 5.92. The Balaban J connectivity index is 2.87. The first-order valence-corrected chi connectivity index (χ1v) is 7.50. The molecule has 0 fully saturated rings. The Bertz CT molecular complexity index is 492. The van der Waals surface area contributed by atoms with E-state index in [1.165, 1.54) is 0 Å². The van der Waals surface area contributed by atoms with Crippen LogP contribution < -0.4 is 14.8 Å². The van der Waals surface area contributed by atoms with Crippen molar-refractivity contribution in [3.8, 4) is 23.3 Å². The molecule has 1 aromatic carbocycles. The van der Waals surface area contributed by atoms with Crippen molar-refractivity contribution in [3.05, 3.63) is 23.8 Å². The zero-order valence-electron chi connectivity index (χ0n) is 13.9. The largest absolute Gasteiger partial charge is 0.490 e. The summed E-state index contributed by atoms with van der Waals surface area (Å²) in [5.41, 5.74) is 1.17. The van der Waals surface area contributed by atoms with Crippen molar-refractivity contribution in [3.63, 3.8) is 0 Å². The SMILES string of the molecule is CC#CCCOc1c(CNC(C)(C)C)cccc1OCC. The maximum absolute atomic E-state index is 5.92. The van der Waals surface area contributed by atoms with Gasteiger partial charge in [-0.15, -0.1) is 11.8 Å². The summed E-state index contributed by atoms with van der Waals surface area (Å²) in [6, 6.07) is 6.02. The van der Waals surface area contributed by atoms with Gasteiger partial charge in [0.15, 0.2) is 11.5 Å². The molecule has 0 atom stereocenters. The van der Waals surface area contributed by atoms with Crippen molar-refractivity contribution < 1.29 is 9.47 Å². The molecular weight excluding hydrogens is 262 g/mol. The molecule has 0 aromatic heterocycles. The van der Waals surface area contributed by atoms with Crippen molar-refractivity contribution in [2.75, 3.05) is 13.2 Å². The summed E-state index contributed by atoms with van der Waals surface area (Å²) in [6.07, 6.45) is 0.725. The minimum atomic E-state index is 0.0621. The van der Waals surface area contributed by atoms with Crippen LogP contribution in [0.2, 0.25) is 0 Å². The highest BCUT2D eigenvalue weighted by Gasteiger charge is 2.14. The molecule has 0 saturated heterocycles. The number of para-hydroxylation sites is 1. The van der Waals surface area contributed by atoms with Gasteiger partial charge in [0.25, 0.3) is 0 Å². The molecule has 0 aliphatic heterocycles. The molecule has 0 amide bonds. The predicted molar refractivity (Wildman–Crippen MR) is 87.8 cm³/mol. The lowest BCUT2D eigenvalue weighted by Crippen LogP contribution is -2.35. The lowest BCUT2D eigenvalue weighted by Gasteiger charge is -2.22. The van der Waals surface area contributed by atoms with E-state index in [0.29, 0.717) is 13.2 Å². The average Bonchev–Trinajstić information content (AvgIpc) is 2.42. The van der Waals surface area contributed by atoms with Gasteiger partial charge in [-0.05, 0) is 40.7 Å². The quantitative estimate of drug-likeness (QED) is 0.612. The molecule has 0 unspecified atom stereocenters. The van der Waals surface area contributed by atoms with Crippen LogP contribution in [-0.4, -0.2) is 18.8 Å². The third-order valence-corrected chi connectivity index (χ3v) is 2.82. The Hall–Kier alpha value is -1.66. The minimum absolute atomic E-state index is 0.0621. The first-order valence-electron chi connectivity index (χ1n) is 7.50. The standard InChI is InChI=1S/C18H27NO2/c1-6-8-9-13-21-17-15(14-19-18(3,4)5)11-10-12-16(17)20-7-2/h10-12,19H,7,9,13-14H2,1-5H3. The van der Waals surface area contributed by atoms with Crippen molar-refractivity contribution in [2.45, 2.75) is 53.1 Å². The van der Waals surface area contributed by atoms with E-state index in [1.54, 1.807) is 0 Å². The van der Waals surface area contributed by atoms with Gasteiger partial charge < -0.3 is 14.8 Å². The van der Waals surface area contributed by atoms with E-state index in [9.17, 15) is 0 Å². The van der Waals surface area contributed by atoms with Gasteiger partial charge >= 0.3 is 0 Å². The first-order chi connectivity index (χ1) is 9.98. The van der Waals surface area contributed by atoms with E-state index >= 15 is 0 Å². The second-order valence-electron chi connectivity index (χ2n) is 5.81. The summed E-state index contributed by atoms with van der Waals surface area (Å²) < 4.78 is 11.6. The molecule has 0 aliphatic carbocycles. The minimum Gasteiger partial charge on any atom is -0.490 e. The highest BCUT2D eigenvalue weighted by molar-refractivity contribution is 5.46. The molecule has 1 aromatic rings. The van der Waals surface area contributed by atoms with Gasteiger partial charge in [0.05, 0.1) is 13.2 Å². The number of benzene rings is 1. The molecule has 0 spiro atoms. The van der Waals surface area contributed by atoms with Crippen molar-refractivity contribution >= 4 is 0 Å². The molecule has 116 valence electrons. The van der Waals surface area contributed by atoms with Gasteiger partial charge in [0, 0.05) is 24.1 Å². The fourth-order valence-electron chi connectivity index (χ4n) is 1.82. The number of ether oxygens (including phenoxy) is 2. The molecule has 3 nitrogen and oxygen atoms in total. The monoisotopic (exact) mass is 289 g/mol. The lowest BCUT2D eigenvalue weighted by atomic mass is 10.1. The molecule has 21 heavy (non-hydrogen) atoms. The summed E-state index contributed by atoms with van der Waals surface area (Å²) >= 11 is 0. The van der Waals surface area contributed by atoms with Gasteiger partial charge in [0.1, 0.15) is 0 Å². The summed E-state index contributed by atoms with van der Waals surface area (Å²) in [7, 11) is 0. The summed E-state index contributed by atoms with van der Waals surface area (Å²) in [5.74, 6) is 7.52. The van der Waals surface area contributed by atoms with Crippen LogP contribution >= 0.6 is 0 Å². The third kappa shape index (κ3) is 6.55. The van der Waals surface area contributed by atoms with E-state index in [-0.39, 0.29) is 5.54 Å². The Morgan fingerprint density at radius 1 is 1.19 bits per heavy atom. The average molecular weight is 289 g/mol. The summed E-state index contributed by atoms with van der Waals surface area (Å²) in [4.78, 5) is 0. The number of hydrogen-bond acceptors (Lipinski definition) is 3. The number of hydrogen-bond donors (Lipinski definition) is 1. The Kier molecular flexibility index (Phi) is 7.11. The van der Waals surface area contributed by atoms with E-state index in [4.69, 9.17) is 9.47 Å². The first kappa shape index (κ1) is 17.4. The van der Waals surface area contributed by atoms with Crippen molar-refractivity contribution in [2.24, 2.45) is 0 Å². The zero-order chi connectivity index (χ0) is 15.7. The predicted octanol–water partition coefficient (Wildman–Crippen LogP) is 3.77. The van der Waals surface area contributed by atoms with Gasteiger partial charge in [0.2, 0.25) is 0 Å². The number of rotatable bonds is 7. The van der Waals surface area contributed by atoms with Crippen LogP contribution in [0.1, 0.15) is 46.6 Å². The van der Waals surface area contributed by atoms with E-state index in [2.05, 4.69) is 44.0 Å². The van der Waals surface area contributed by atoms with Crippen molar-refractivity contribution in [1.29, 1.82) is 0 Å². The van der Waals surface area contributed by atoms with Crippen LogP contribution in [0.4, 0.5) is 0 Å². The normalized spacial score (nSPS) is 10.7. The fraction of sp³-hybridized carbons (Fsp3) is 0.556. The van der Waals surface area contributed by atoms with Crippen LogP contribution in [0, 0.1) is 11.8 Å². The van der Waals surface area contributed by atoms with E-state index in [1.807, 2.05) is 26.0 Å². The van der Waals surface area contributed by atoms with E-state index < -0.39 is 0 Å². The van der Waals surface area contributed by atoms with Crippen LogP contribution in [0.25, 0.3) is 0 Å². The molecule has 0 radical (unpaired) electrons. The highest BCUT2D eigenvalue weighted by atomic mass is 16.5. The molecule has 0 bridgehead atoms. The third-order valence-electron chi connectivity index (χ3n) is 2.82. The Labute approximate surface area is 129 Å². The smallest absolute Gasteiger partial charge is 0.165 e. The Morgan fingerprint density at radius 3 is 2.57 bits per heavy atom. The van der Waals surface area contributed by atoms with Crippen LogP contribution in [0.3, 0.4) is 0 Å². The fourth-order valence-corrected chi connectivity index (χ4v) is 1.82. The van der Waals surface area contributed by atoms with Crippen LogP contribution in [0.5, 0.6) is 11.5 Å². The van der Waals surface area contributed by atoms with E-state index in [0.717, 1.165) is 30.0 Å². The van der Waals surface area contributed by atoms with Crippen LogP contribution in [0.15, 0.2) is 18.2 Å². The maximum Gasteiger partial charge on any atom is 0.165 e. The summed E-state index contributed by atoms with van der Waals surface area (Å²) in [6.45, 7) is 12.2. The highest BCUT2D eigenvalue weighted by Crippen LogP contribution is 2.31. The summed E-state index contributed by atoms with van der Waals surface area (Å²) in [5, 5.41) is 3.49. The molecule has 0 aliphatic rings. The molecular formula is C18H27NO2. The van der Waals surface area contributed by atoms with Gasteiger partial charge in [-0.2, -0.15) is 0 Å². The number of nitrogens with one attached hydrogen (secondary N) is 1. The van der Waals surface area contributed by atoms with Gasteiger partial charge in [-0.3, -0.25) is 0 Å². The zero-order valence-corrected chi connectivity index (χ0v) is 13.9. The lowest BCUT2D eigenvalue weighted by molar-refractivity contribution is 0.277. The van der Waals surface area contributed by atoms with Crippen molar-refractivity contribution in [1.82, 2.24) is 5.32 Å². The second-order valence-corrected chi connectivity index (χ2v) is 5.81. The molecule has 1 rings (SSSR count). The molecule has 0 heterocycles.